The molecule has 0 spiro atoms. The molecule has 0 N–H and O–H groups in total. The molecule has 5 nitrogen and oxygen atoms in total. The van der Waals surface area contributed by atoms with Crippen LogP contribution >= 0.6 is 0 Å². The summed E-state index contributed by atoms with van der Waals surface area (Å²) in [4.78, 5) is 30.5. The molecule has 1 aliphatic heterocycles. The highest BCUT2D eigenvalue weighted by Crippen LogP contribution is 2.20. The van der Waals surface area contributed by atoms with Gasteiger partial charge in [0.15, 0.2) is 0 Å². The van der Waals surface area contributed by atoms with Gasteiger partial charge in [0.25, 0.3) is 5.91 Å². The average molecular weight is 276 g/mol. The van der Waals surface area contributed by atoms with Crippen molar-refractivity contribution < 1.29 is 14.4 Å². The maximum Gasteiger partial charge on any atom is 0.251 e. The van der Waals surface area contributed by atoms with E-state index in [0.29, 0.717) is 13.1 Å². The maximum atomic E-state index is 12.0. The lowest BCUT2D eigenvalue weighted by molar-refractivity contribution is -0.173. The van der Waals surface area contributed by atoms with Gasteiger partial charge in [-0.3, -0.25) is 14.4 Å². The van der Waals surface area contributed by atoms with E-state index in [9.17, 15) is 9.59 Å². The average Bonchev–Trinajstić information content (AvgIpc) is 2.85. The summed E-state index contributed by atoms with van der Waals surface area (Å²) >= 11 is 0. The molecular weight excluding hydrogens is 256 g/mol. The van der Waals surface area contributed by atoms with Crippen molar-refractivity contribution >= 4 is 11.8 Å². The summed E-state index contributed by atoms with van der Waals surface area (Å²) in [6.07, 6.45) is 1.09. The number of benzene rings is 1. The van der Waals surface area contributed by atoms with Crippen molar-refractivity contribution in [1.29, 1.82) is 0 Å². The van der Waals surface area contributed by atoms with Crippen LogP contribution in [0.5, 0.6) is 0 Å². The smallest absolute Gasteiger partial charge is 0.251 e. The van der Waals surface area contributed by atoms with Gasteiger partial charge in [-0.2, -0.15) is 0 Å². The molecule has 0 aliphatic carbocycles. The molecule has 1 aromatic rings. The van der Waals surface area contributed by atoms with Gasteiger partial charge in [0, 0.05) is 26.6 Å². The zero-order chi connectivity index (χ0) is 14.5. The molecular formula is C15H20N2O3. The Labute approximate surface area is 119 Å². The first-order valence-corrected chi connectivity index (χ1v) is 6.75. The third kappa shape index (κ3) is 3.36. The Morgan fingerprint density at radius 3 is 2.75 bits per heavy atom. The summed E-state index contributed by atoms with van der Waals surface area (Å²) in [5.41, 5.74) is 1.20. The Hall–Kier alpha value is -1.88. The second-order valence-corrected chi connectivity index (χ2v) is 4.99. The van der Waals surface area contributed by atoms with Crippen LogP contribution in [0.15, 0.2) is 30.3 Å². The van der Waals surface area contributed by atoms with Crippen LogP contribution in [-0.2, 0) is 20.8 Å². The highest BCUT2D eigenvalue weighted by Gasteiger charge is 2.35. The van der Waals surface area contributed by atoms with Crippen LogP contribution in [0.25, 0.3) is 0 Å². The van der Waals surface area contributed by atoms with Crippen molar-refractivity contribution in [3.8, 4) is 0 Å². The van der Waals surface area contributed by atoms with E-state index in [2.05, 4.69) is 0 Å². The summed E-state index contributed by atoms with van der Waals surface area (Å²) in [5.74, 6) is -0.380. The minimum absolute atomic E-state index is 0.0452. The summed E-state index contributed by atoms with van der Waals surface area (Å²) in [5, 5.41) is 1.19. The van der Waals surface area contributed by atoms with E-state index in [4.69, 9.17) is 4.84 Å². The standard InChI is InChI=1S/C15H20N2O3/c1-16(20-2)15(19)13-10-14(18)17(11-13)9-8-12-6-4-3-5-7-12/h3-7,13H,8-11H2,1-2H3. The molecule has 0 saturated carbocycles. The fourth-order valence-corrected chi connectivity index (χ4v) is 2.41. The first-order chi connectivity index (χ1) is 9.61. The van der Waals surface area contributed by atoms with E-state index >= 15 is 0 Å². The van der Waals surface area contributed by atoms with Gasteiger partial charge in [-0.05, 0) is 12.0 Å². The van der Waals surface area contributed by atoms with Gasteiger partial charge in [-0.15, -0.1) is 0 Å². The molecule has 1 atom stereocenters. The molecule has 1 fully saturated rings. The predicted molar refractivity (Wildman–Crippen MR) is 74.6 cm³/mol. The molecule has 1 heterocycles. The van der Waals surface area contributed by atoms with Gasteiger partial charge in [0.2, 0.25) is 5.91 Å². The van der Waals surface area contributed by atoms with Gasteiger partial charge in [0.05, 0.1) is 13.0 Å². The molecule has 0 radical (unpaired) electrons. The van der Waals surface area contributed by atoms with Crippen LogP contribution in [0.3, 0.4) is 0 Å². The first kappa shape index (κ1) is 14.5. The highest BCUT2D eigenvalue weighted by molar-refractivity contribution is 5.88. The van der Waals surface area contributed by atoms with Gasteiger partial charge < -0.3 is 4.90 Å². The summed E-state index contributed by atoms with van der Waals surface area (Å²) in [6, 6.07) is 10.0. The second kappa shape index (κ2) is 6.52. The fraction of sp³-hybridized carbons (Fsp3) is 0.467. The van der Waals surface area contributed by atoms with E-state index in [1.807, 2.05) is 30.3 Å². The minimum atomic E-state index is -0.289. The molecule has 1 aliphatic rings. The first-order valence-electron chi connectivity index (χ1n) is 6.75. The Kier molecular flexibility index (Phi) is 4.74. The second-order valence-electron chi connectivity index (χ2n) is 4.99. The number of carbonyl (C=O) groups is 2. The molecule has 2 rings (SSSR count). The van der Waals surface area contributed by atoms with Crippen molar-refractivity contribution in [1.82, 2.24) is 9.96 Å². The fourth-order valence-electron chi connectivity index (χ4n) is 2.41. The van der Waals surface area contributed by atoms with Gasteiger partial charge in [-0.25, -0.2) is 5.06 Å². The van der Waals surface area contributed by atoms with Crippen molar-refractivity contribution in [2.45, 2.75) is 12.8 Å². The van der Waals surface area contributed by atoms with Crippen LogP contribution in [0.4, 0.5) is 0 Å². The monoisotopic (exact) mass is 276 g/mol. The van der Waals surface area contributed by atoms with Crippen LogP contribution in [-0.4, -0.2) is 49.0 Å². The van der Waals surface area contributed by atoms with Crippen molar-refractivity contribution in [3.05, 3.63) is 35.9 Å². The Morgan fingerprint density at radius 2 is 2.10 bits per heavy atom. The Bertz CT molecular complexity index is 475. The quantitative estimate of drug-likeness (QED) is 0.757. The van der Waals surface area contributed by atoms with E-state index in [-0.39, 0.29) is 24.2 Å². The van der Waals surface area contributed by atoms with Gasteiger partial charge in [0.1, 0.15) is 0 Å². The third-order valence-electron chi connectivity index (χ3n) is 3.66. The molecule has 0 bridgehead atoms. The molecule has 1 saturated heterocycles. The number of nitrogens with zero attached hydrogens (tertiary/aromatic N) is 2. The zero-order valence-corrected chi connectivity index (χ0v) is 11.9. The van der Waals surface area contributed by atoms with E-state index in [1.165, 1.54) is 17.7 Å². The molecule has 1 unspecified atom stereocenters. The van der Waals surface area contributed by atoms with Gasteiger partial charge in [-0.1, -0.05) is 30.3 Å². The molecule has 0 aromatic heterocycles. The van der Waals surface area contributed by atoms with Crippen LogP contribution < -0.4 is 0 Å². The van der Waals surface area contributed by atoms with Gasteiger partial charge >= 0.3 is 0 Å². The number of hydrogen-bond acceptors (Lipinski definition) is 3. The predicted octanol–water partition coefficient (Wildman–Crippen LogP) is 1.10. The molecule has 20 heavy (non-hydrogen) atoms. The third-order valence-corrected chi connectivity index (χ3v) is 3.66. The normalized spacial score (nSPS) is 18.4. The summed E-state index contributed by atoms with van der Waals surface area (Å²) < 4.78 is 0. The van der Waals surface area contributed by atoms with E-state index < -0.39 is 0 Å². The summed E-state index contributed by atoms with van der Waals surface area (Å²) in [7, 11) is 3.02. The highest BCUT2D eigenvalue weighted by atomic mass is 16.7. The number of hydrogen-bond donors (Lipinski definition) is 0. The number of likely N-dealkylation sites (tertiary alicyclic amines) is 1. The Balaban J connectivity index is 1.88. The molecule has 1 aromatic carbocycles. The number of hydroxylamine groups is 2. The molecule has 2 amide bonds. The number of carbonyl (C=O) groups excluding carboxylic acids is 2. The van der Waals surface area contributed by atoms with Crippen LogP contribution in [0, 0.1) is 5.92 Å². The number of rotatable bonds is 5. The maximum absolute atomic E-state index is 12.0. The van der Waals surface area contributed by atoms with E-state index in [1.54, 1.807) is 11.9 Å². The van der Waals surface area contributed by atoms with Crippen molar-refractivity contribution in [2.75, 3.05) is 27.2 Å². The van der Waals surface area contributed by atoms with Crippen molar-refractivity contribution in [3.63, 3.8) is 0 Å². The molecule has 108 valence electrons. The zero-order valence-electron chi connectivity index (χ0n) is 11.9. The lowest BCUT2D eigenvalue weighted by Gasteiger charge is -2.19. The SMILES string of the molecule is CON(C)C(=O)C1CC(=O)N(CCc2ccccc2)C1. The molecule has 5 heteroatoms. The van der Waals surface area contributed by atoms with E-state index in [0.717, 1.165) is 6.42 Å². The minimum Gasteiger partial charge on any atom is -0.342 e. The topological polar surface area (TPSA) is 49.9 Å². The Morgan fingerprint density at radius 1 is 1.40 bits per heavy atom. The number of amides is 2. The van der Waals surface area contributed by atoms with Crippen molar-refractivity contribution in [2.24, 2.45) is 5.92 Å². The van der Waals surface area contributed by atoms with Crippen LogP contribution in [0.1, 0.15) is 12.0 Å². The lowest BCUT2D eigenvalue weighted by Crippen LogP contribution is -2.34. The van der Waals surface area contributed by atoms with Crippen LogP contribution in [0.2, 0.25) is 0 Å². The lowest BCUT2D eigenvalue weighted by atomic mass is 10.1. The summed E-state index contributed by atoms with van der Waals surface area (Å²) in [6.45, 7) is 1.14. The largest absolute Gasteiger partial charge is 0.342 e.